The summed E-state index contributed by atoms with van der Waals surface area (Å²) in [5.74, 6) is 0. The van der Waals surface area contributed by atoms with Gasteiger partial charge < -0.3 is 24.0 Å². The molecule has 0 spiro atoms. The Bertz CT molecular complexity index is 754. The lowest BCUT2D eigenvalue weighted by Gasteiger charge is -1.99. The van der Waals surface area contributed by atoms with Crippen molar-refractivity contribution >= 4 is 34.7 Å². The number of halogens is 2. The van der Waals surface area contributed by atoms with Crippen molar-refractivity contribution in [3.05, 3.63) is 59.6 Å². The van der Waals surface area contributed by atoms with E-state index in [9.17, 15) is 0 Å². The standard InChI is InChI=1S/C17H15ClNS2.HI/c1-19-15(12-6-4-3-5-7-12)17(20-2)21-16(19)13-8-10-14(18)11-9-13;/h3-11H,1-2H3;1H/q+1;/p-1. The molecule has 0 saturated heterocycles. The number of aromatic nitrogens is 1. The molecule has 5 heteroatoms. The van der Waals surface area contributed by atoms with Gasteiger partial charge in [-0.3, -0.25) is 0 Å². The summed E-state index contributed by atoms with van der Waals surface area (Å²) < 4.78 is 3.60. The molecule has 22 heavy (non-hydrogen) atoms. The summed E-state index contributed by atoms with van der Waals surface area (Å²) in [4.78, 5) is 0. The Hall–Kier alpha value is -0.560. The van der Waals surface area contributed by atoms with E-state index in [0.29, 0.717) is 0 Å². The van der Waals surface area contributed by atoms with Crippen molar-refractivity contribution in [1.29, 1.82) is 0 Å². The lowest BCUT2D eigenvalue weighted by atomic mass is 10.1. The zero-order chi connectivity index (χ0) is 14.8. The van der Waals surface area contributed by atoms with Gasteiger partial charge in [0.2, 0.25) is 5.69 Å². The summed E-state index contributed by atoms with van der Waals surface area (Å²) in [6, 6.07) is 18.6. The van der Waals surface area contributed by atoms with Crippen LogP contribution in [0.2, 0.25) is 5.02 Å². The molecule has 3 aromatic rings. The molecular formula is C17H15ClINS2. The van der Waals surface area contributed by atoms with Crippen LogP contribution in [0.5, 0.6) is 0 Å². The van der Waals surface area contributed by atoms with Crippen LogP contribution in [-0.2, 0) is 7.05 Å². The number of nitrogens with zero attached hydrogens (tertiary/aromatic N) is 1. The van der Waals surface area contributed by atoms with E-state index in [4.69, 9.17) is 11.6 Å². The maximum Gasteiger partial charge on any atom is 0.270 e. The molecule has 0 bridgehead atoms. The normalized spacial score (nSPS) is 10.3. The number of benzene rings is 2. The van der Waals surface area contributed by atoms with Gasteiger partial charge in [0, 0.05) is 10.6 Å². The van der Waals surface area contributed by atoms with Crippen LogP contribution in [-0.4, -0.2) is 6.26 Å². The van der Waals surface area contributed by atoms with Crippen molar-refractivity contribution in [2.24, 2.45) is 7.05 Å². The van der Waals surface area contributed by atoms with E-state index in [-0.39, 0.29) is 24.0 Å². The predicted molar refractivity (Wildman–Crippen MR) is 93.2 cm³/mol. The third kappa shape index (κ3) is 3.50. The van der Waals surface area contributed by atoms with Crippen LogP contribution in [0.15, 0.2) is 58.8 Å². The Morgan fingerprint density at radius 2 is 1.59 bits per heavy atom. The monoisotopic (exact) mass is 459 g/mol. The molecule has 0 aliphatic rings. The Kier molecular flexibility index (Phi) is 6.32. The minimum absolute atomic E-state index is 0. The van der Waals surface area contributed by atoms with Gasteiger partial charge in [-0.25, -0.2) is 0 Å². The molecule has 1 heterocycles. The summed E-state index contributed by atoms with van der Waals surface area (Å²) in [7, 11) is 2.13. The molecule has 114 valence electrons. The second-order valence-electron chi connectivity index (χ2n) is 4.68. The number of hydrogen-bond acceptors (Lipinski definition) is 2. The molecule has 0 amide bonds. The van der Waals surface area contributed by atoms with E-state index >= 15 is 0 Å². The summed E-state index contributed by atoms with van der Waals surface area (Å²) in [5, 5.41) is 2.02. The smallest absolute Gasteiger partial charge is 0.270 e. The average molecular weight is 460 g/mol. The van der Waals surface area contributed by atoms with Gasteiger partial charge in [-0.1, -0.05) is 41.1 Å². The first-order chi connectivity index (χ1) is 10.2. The fourth-order valence-electron chi connectivity index (χ4n) is 2.33. The molecule has 0 fully saturated rings. The molecule has 0 unspecified atom stereocenters. The molecule has 0 N–H and O–H groups in total. The van der Waals surface area contributed by atoms with Gasteiger partial charge in [0.15, 0.2) is 0 Å². The molecule has 1 aromatic heterocycles. The van der Waals surface area contributed by atoms with Crippen LogP contribution in [0.1, 0.15) is 0 Å². The summed E-state index contributed by atoms with van der Waals surface area (Å²) in [6.07, 6.45) is 2.13. The molecule has 0 aliphatic heterocycles. The molecular weight excluding hydrogens is 445 g/mol. The third-order valence-electron chi connectivity index (χ3n) is 3.35. The van der Waals surface area contributed by atoms with Crippen molar-refractivity contribution < 1.29 is 28.5 Å². The summed E-state index contributed by atoms with van der Waals surface area (Å²) in [6.45, 7) is 0. The van der Waals surface area contributed by atoms with E-state index < -0.39 is 0 Å². The third-order valence-corrected chi connectivity index (χ3v) is 5.99. The quantitative estimate of drug-likeness (QED) is 0.330. The zero-order valence-electron chi connectivity index (χ0n) is 12.2. The Morgan fingerprint density at radius 1 is 0.955 bits per heavy atom. The molecule has 0 aliphatic carbocycles. The maximum absolute atomic E-state index is 5.99. The Morgan fingerprint density at radius 3 is 2.18 bits per heavy atom. The first kappa shape index (κ1) is 17.8. The van der Waals surface area contributed by atoms with E-state index in [1.807, 2.05) is 23.5 Å². The van der Waals surface area contributed by atoms with Crippen LogP contribution in [0, 0.1) is 0 Å². The van der Waals surface area contributed by atoms with Crippen molar-refractivity contribution in [2.45, 2.75) is 4.21 Å². The van der Waals surface area contributed by atoms with Gasteiger partial charge in [-0.2, -0.15) is 4.57 Å². The van der Waals surface area contributed by atoms with Crippen LogP contribution in [0.4, 0.5) is 0 Å². The molecule has 3 rings (SSSR count). The number of rotatable bonds is 3. The highest BCUT2D eigenvalue weighted by molar-refractivity contribution is 8.00. The topological polar surface area (TPSA) is 3.88 Å². The van der Waals surface area contributed by atoms with E-state index in [1.165, 1.54) is 26.0 Å². The van der Waals surface area contributed by atoms with Crippen molar-refractivity contribution in [1.82, 2.24) is 0 Å². The minimum atomic E-state index is 0. The van der Waals surface area contributed by atoms with Gasteiger partial charge in [0.1, 0.15) is 11.3 Å². The van der Waals surface area contributed by atoms with Crippen LogP contribution in [0.3, 0.4) is 0 Å². The van der Waals surface area contributed by atoms with Gasteiger partial charge in [0.05, 0.1) is 5.56 Å². The fourth-order valence-corrected chi connectivity index (χ4v) is 4.49. The highest BCUT2D eigenvalue weighted by atomic mass is 127. The second-order valence-corrected chi connectivity index (χ2v) is 7.19. The van der Waals surface area contributed by atoms with E-state index in [2.05, 4.69) is 60.3 Å². The van der Waals surface area contributed by atoms with Crippen LogP contribution < -0.4 is 28.5 Å². The van der Waals surface area contributed by atoms with Crippen molar-refractivity contribution in [2.75, 3.05) is 6.26 Å². The Labute approximate surface area is 161 Å². The SMILES string of the molecule is CSc1sc(-c2ccc(Cl)cc2)[n+](C)c1-c1ccccc1.[I-]. The first-order valence-corrected chi connectivity index (χ1v) is 9.01. The fraction of sp³-hybridized carbons (Fsp3) is 0.118. The average Bonchev–Trinajstić information content (AvgIpc) is 2.86. The summed E-state index contributed by atoms with van der Waals surface area (Å²) >= 11 is 9.61. The highest BCUT2D eigenvalue weighted by Gasteiger charge is 2.25. The zero-order valence-corrected chi connectivity index (χ0v) is 16.8. The van der Waals surface area contributed by atoms with Gasteiger partial charge in [0.25, 0.3) is 5.01 Å². The van der Waals surface area contributed by atoms with E-state index in [0.717, 1.165) is 5.02 Å². The minimum Gasteiger partial charge on any atom is -1.00 e. The van der Waals surface area contributed by atoms with Gasteiger partial charge >= 0.3 is 0 Å². The molecule has 2 aromatic carbocycles. The highest BCUT2D eigenvalue weighted by Crippen LogP contribution is 2.37. The maximum atomic E-state index is 5.99. The van der Waals surface area contributed by atoms with Gasteiger partial charge in [-0.15, -0.1) is 11.8 Å². The number of thioether (sulfide) groups is 1. The molecule has 0 saturated carbocycles. The Balaban J connectivity index is 0.00000176. The lowest BCUT2D eigenvalue weighted by Crippen LogP contribution is -3.00. The second kappa shape index (κ2) is 7.81. The first-order valence-electron chi connectivity index (χ1n) is 6.59. The van der Waals surface area contributed by atoms with Crippen LogP contribution in [0.25, 0.3) is 21.8 Å². The molecule has 1 nitrogen and oxygen atoms in total. The van der Waals surface area contributed by atoms with Crippen molar-refractivity contribution in [3.63, 3.8) is 0 Å². The number of hydrogen-bond donors (Lipinski definition) is 0. The lowest BCUT2D eigenvalue weighted by molar-refractivity contribution is -0.646. The largest absolute Gasteiger partial charge is 1.00 e. The summed E-state index contributed by atoms with van der Waals surface area (Å²) in [5.41, 5.74) is 3.73. The predicted octanol–water partition coefficient (Wildman–Crippen LogP) is 2.29. The van der Waals surface area contributed by atoms with E-state index in [1.54, 1.807) is 11.8 Å². The van der Waals surface area contributed by atoms with Crippen LogP contribution >= 0.6 is 34.7 Å². The molecule has 0 atom stereocenters. The van der Waals surface area contributed by atoms with Crippen molar-refractivity contribution in [3.8, 4) is 21.8 Å². The number of thiazole rings is 1. The molecule has 0 radical (unpaired) electrons. The van der Waals surface area contributed by atoms with Gasteiger partial charge in [-0.05, 0) is 42.7 Å².